The van der Waals surface area contributed by atoms with Gasteiger partial charge >= 0.3 is 0 Å². The molecule has 2 aromatic heterocycles. The molecule has 1 saturated heterocycles. The normalized spacial score (nSPS) is 19.5. The Balaban J connectivity index is 1.99. The van der Waals surface area contributed by atoms with Crippen molar-refractivity contribution in [1.29, 1.82) is 0 Å². The average Bonchev–Trinajstić information content (AvgIpc) is 2.89. The zero-order chi connectivity index (χ0) is 13.2. The van der Waals surface area contributed by atoms with E-state index in [0.717, 1.165) is 42.1 Å². The molecule has 3 rings (SSSR count). The van der Waals surface area contributed by atoms with Crippen molar-refractivity contribution in [3.8, 4) is 11.3 Å². The van der Waals surface area contributed by atoms with Crippen molar-refractivity contribution >= 4 is 5.69 Å². The quantitative estimate of drug-likeness (QED) is 0.899. The molecule has 19 heavy (non-hydrogen) atoms. The summed E-state index contributed by atoms with van der Waals surface area (Å²) >= 11 is 0. The van der Waals surface area contributed by atoms with Crippen LogP contribution in [0.1, 0.15) is 31.2 Å². The number of hydrogen-bond acceptors (Lipinski definition) is 4. The number of aromatic nitrogens is 3. The number of hydrogen-bond donors (Lipinski definition) is 1. The molecular weight excluding hydrogens is 240 g/mol. The summed E-state index contributed by atoms with van der Waals surface area (Å²) in [6, 6.07) is 3.84. The molecule has 0 radical (unpaired) electrons. The van der Waals surface area contributed by atoms with Gasteiger partial charge in [0.25, 0.3) is 0 Å². The Kier molecular flexibility index (Phi) is 3.21. The number of nitrogens with two attached hydrogens (primary N) is 1. The molecule has 2 aromatic rings. The third kappa shape index (κ3) is 2.33. The molecule has 1 atom stereocenters. The highest BCUT2D eigenvalue weighted by atomic mass is 16.5. The van der Waals surface area contributed by atoms with Crippen molar-refractivity contribution < 1.29 is 4.74 Å². The molecule has 1 fully saturated rings. The fraction of sp³-hybridized carbons (Fsp3) is 0.429. The molecule has 0 bridgehead atoms. The molecule has 2 N–H and O–H groups in total. The first-order valence-corrected chi connectivity index (χ1v) is 6.63. The molecule has 3 heterocycles. The van der Waals surface area contributed by atoms with Crippen LogP contribution in [0.25, 0.3) is 11.3 Å². The average molecular weight is 258 g/mol. The summed E-state index contributed by atoms with van der Waals surface area (Å²) in [7, 11) is 0. The number of anilines is 1. The van der Waals surface area contributed by atoms with Crippen LogP contribution < -0.4 is 5.73 Å². The predicted molar refractivity (Wildman–Crippen MR) is 73.4 cm³/mol. The molecule has 0 spiro atoms. The number of rotatable bonds is 2. The maximum atomic E-state index is 6.09. The van der Waals surface area contributed by atoms with Crippen LogP contribution in [-0.2, 0) is 4.74 Å². The Labute approximate surface area is 112 Å². The molecule has 100 valence electrons. The summed E-state index contributed by atoms with van der Waals surface area (Å²) in [6.45, 7) is 2.73. The Bertz CT molecular complexity index is 573. The third-order valence-electron chi connectivity index (χ3n) is 3.45. The largest absolute Gasteiger partial charge is 0.398 e. The van der Waals surface area contributed by atoms with Crippen LogP contribution >= 0.6 is 0 Å². The molecule has 1 unspecified atom stereocenters. The fourth-order valence-electron chi connectivity index (χ4n) is 2.47. The Morgan fingerprint density at radius 2 is 2.32 bits per heavy atom. The first kappa shape index (κ1) is 12.2. The summed E-state index contributed by atoms with van der Waals surface area (Å²) < 4.78 is 7.71. The van der Waals surface area contributed by atoms with Crippen LogP contribution in [0.5, 0.6) is 0 Å². The van der Waals surface area contributed by atoms with Crippen molar-refractivity contribution in [2.75, 3.05) is 12.3 Å². The Morgan fingerprint density at radius 3 is 3.05 bits per heavy atom. The lowest BCUT2D eigenvalue weighted by Crippen LogP contribution is -2.20. The van der Waals surface area contributed by atoms with E-state index in [9.17, 15) is 0 Å². The lowest BCUT2D eigenvalue weighted by molar-refractivity contribution is -0.0383. The van der Waals surface area contributed by atoms with E-state index in [4.69, 9.17) is 10.5 Å². The van der Waals surface area contributed by atoms with E-state index in [1.165, 1.54) is 6.42 Å². The van der Waals surface area contributed by atoms with Crippen molar-refractivity contribution in [3.63, 3.8) is 0 Å². The molecule has 1 aliphatic heterocycles. The van der Waals surface area contributed by atoms with Crippen LogP contribution in [-0.4, -0.2) is 21.4 Å². The molecule has 5 nitrogen and oxygen atoms in total. The van der Waals surface area contributed by atoms with Crippen LogP contribution in [0.4, 0.5) is 5.69 Å². The zero-order valence-electron chi connectivity index (χ0n) is 11.0. The number of nitrogens with zero attached hydrogens (tertiary/aromatic N) is 3. The van der Waals surface area contributed by atoms with Crippen LogP contribution in [0, 0.1) is 6.92 Å². The summed E-state index contributed by atoms with van der Waals surface area (Å²) in [5, 5.41) is 4.39. The lowest BCUT2D eigenvalue weighted by atomic mass is 10.1. The monoisotopic (exact) mass is 258 g/mol. The van der Waals surface area contributed by atoms with E-state index in [1.807, 2.05) is 23.7 Å². The van der Waals surface area contributed by atoms with E-state index >= 15 is 0 Å². The lowest BCUT2D eigenvalue weighted by Gasteiger charge is -2.24. The Morgan fingerprint density at radius 1 is 1.42 bits per heavy atom. The van der Waals surface area contributed by atoms with Gasteiger partial charge < -0.3 is 10.5 Å². The van der Waals surface area contributed by atoms with Gasteiger partial charge in [0.05, 0.1) is 5.69 Å². The summed E-state index contributed by atoms with van der Waals surface area (Å²) in [5.41, 5.74) is 9.62. The van der Waals surface area contributed by atoms with Crippen LogP contribution in [0.3, 0.4) is 0 Å². The number of nitrogen functional groups attached to an aromatic ring is 1. The van der Waals surface area contributed by atoms with E-state index in [-0.39, 0.29) is 6.23 Å². The number of aryl methyl sites for hydroxylation is 1. The maximum absolute atomic E-state index is 6.09. The van der Waals surface area contributed by atoms with Crippen molar-refractivity contribution in [2.45, 2.75) is 32.4 Å². The summed E-state index contributed by atoms with van der Waals surface area (Å²) in [6.07, 6.45) is 6.90. The second-order valence-electron chi connectivity index (χ2n) is 4.90. The fourth-order valence-corrected chi connectivity index (χ4v) is 2.47. The van der Waals surface area contributed by atoms with Crippen LogP contribution in [0.2, 0.25) is 0 Å². The highest BCUT2D eigenvalue weighted by molar-refractivity contribution is 5.73. The molecule has 0 saturated carbocycles. The first-order chi connectivity index (χ1) is 9.25. The number of pyridine rings is 1. The summed E-state index contributed by atoms with van der Waals surface area (Å²) in [5.74, 6) is 0. The van der Waals surface area contributed by atoms with Gasteiger partial charge in [-0.05, 0) is 38.3 Å². The van der Waals surface area contributed by atoms with E-state index < -0.39 is 0 Å². The maximum Gasteiger partial charge on any atom is 0.150 e. The molecule has 5 heteroatoms. The van der Waals surface area contributed by atoms with Gasteiger partial charge in [0.2, 0.25) is 0 Å². The van der Waals surface area contributed by atoms with E-state index in [1.54, 1.807) is 12.4 Å². The minimum atomic E-state index is 0.0134. The first-order valence-electron chi connectivity index (χ1n) is 6.63. The minimum absolute atomic E-state index is 0.0134. The Hall–Kier alpha value is -1.88. The molecule has 0 aliphatic carbocycles. The van der Waals surface area contributed by atoms with Crippen molar-refractivity contribution in [2.24, 2.45) is 0 Å². The summed E-state index contributed by atoms with van der Waals surface area (Å²) in [4.78, 5) is 4.32. The zero-order valence-corrected chi connectivity index (χ0v) is 11.0. The molecule has 1 aliphatic rings. The standard InChI is InChI=1S/C14H18N4O/c1-10-8-12(15)11(9-16-10)13-5-6-17-18(13)14-4-2-3-7-19-14/h5-6,8-9,14H,2-4,7H2,1H3,(H2,15,16). The van der Waals surface area contributed by atoms with Gasteiger partial charge in [-0.25, -0.2) is 4.68 Å². The highest BCUT2D eigenvalue weighted by Crippen LogP contribution is 2.30. The molecule has 0 amide bonds. The van der Waals surface area contributed by atoms with Gasteiger partial charge in [0, 0.05) is 35.9 Å². The second kappa shape index (κ2) is 5.01. The van der Waals surface area contributed by atoms with E-state index in [0.29, 0.717) is 0 Å². The topological polar surface area (TPSA) is 66.0 Å². The van der Waals surface area contributed by atoms with Crippen molar-refractivity contribution in [1.82, 2.24) is 14.8 Å². The van der Waals surface area contributed by atoms with E-state index in [2.05, 4.69) is 10.1 Å². The van der Waals surface area contributed by atoms with Gasteiger partial charge in [0.1, 0.15) is 0 Å². The SMILES string of the molecule is Cc1cc(N)c(-c2ccnn2C2CCCCO2)cn1. The smallest absolute Gasteiger partial charge is 0.150 e. The number of ether oxygens (including phenoxy) is 1. The van der Waals surface area contributed by atoms with Gasteiger partial charge in [-0.2, -0.15) is 5.10 Å². The highest BCUT2D eigenvalue weighted by Gasteiger charge is 2.20. The minimum Gasteiger partial charge on any atom is -0.398 e. The van der Waals surface area contributed by atoms with Crippen molar-refractivity contribution in [3.05, 3.63) is 30.2 Å². The molecular formula is C14H18N4O. The second-order valence-corrected chi connectivity index (χ2v) is 4.90. The predicted octanol–water partition coefficient (Wildman–Crippen LogP) is 2.53. The van der Waals surface area contributed by atoms with Gasteiger partial charge in [-0.3, -0.25) is 4.98 Å². The van der Waals surface area contributed by atoms with Crippen LogP contribution in [0.15, 0.2) is 24.5 Å². The third-order valence-corrected chi connectivity index (χ3v) is 3.45. The van der Waals surface area contributed by atoms with Gasteiger partial charge in [-0.1, -0.05) is 0 Å². The van der Waals surface area contributed by atoms with Gasteiger partial charge in [-0.15, -0.1) is 0 Å². The van der Waals surface area contributed by atoms with Gasteiger partial charge in [0.15, 0.2) is 6.23 Å². The molecule has 0 aromatic carbocycles.